The van der Waals surface area contributed by atoms with Gasteiger partial charge in [0.25, 0.3) is 0 Å². The maximum atomic E-state index is 12.6. The summed E-state index contributed by atoms with van der Waals surface area (Å²) in [6.07, 6.45) is 1.44. The summed E-state index contributed by atoms with van der Waals surface area (Å²) in [6, 6.07) is 14.1. The van der Waals surface area contributed by atoms with Crippen LogP contribution in [-0.4, -0.2) is 8.42 Å². The summed E-state index contributed by atoms with van der Waals surface area (Å²) in [5.41, 5.74) is 3.66. The molecule has 0 amide bonds. The summed E-state index contributed by atoms with van der Waals surface area (Å²) >= 11 is 0. The molecule has 0 heterocycles. The number of allylic oxidation sites excluding steroid dienone is 1. The van der Waals surface area contributed by atoms with E-state index in [9.17, 15) is 13.7 Å². The minimum atomic E-state index is -3.80. The van der Waals surface area contributed by atoms with Gasteiger partial charge < -0.3 is 0 Å². The van der Waals surface area contributed by atoms with Crippen molar-refractivity contribution >= 4 is 15.9 Å². The smallest absolute Gasteiger partial charge is 0.216 e. The van der Waals surface area contributed by atoms with Crippen LogP contribution in [0.4, 0.5) is 0 Å². The first-order chi connectivity index (χ1) is 10.3. The SMILES string of the molecule is Cc1ccc(S(=O)(=O)/C(C#N)=C/c2cc(C)ccc2C)cc1. The van der Waals surface area contributed by atoms with E-state index in [2.05, 4.69) is 0 Å². The number of nitriles is 1. The Bertz CT molecular complexity index is 870. The van der Waals surface area contributed by atoms with Gasteiger partial charge in [-0.25, -0.2) is 8.42 Å². The van der Waals surface area contributed by atoms with Gasteiger partial charge in [-0.05, 0) is 50.1 Å². The van der Waals surface area contributed by atoms with Crippen LogP contribution in [0, 0.1) is 32.1 Å². The Hall–Kier alpha value is -2.38. The second kappa shape index (κ2) is 6.17. The standard InChI is InChI=1S/C18H17NO2S/c1-13-5-8-17(9-6-13)22(20,21)18(12-19)11-16-10-14(2)4-7-15(16)3/h4-11H,1-3H3/b18-11+. The van der Waals surface area contributed by atoms with E-state index in [1.807, 2.05) is 45.0 Å². The van der Waals surface area contributed by atoms with Crippen LogP contribution < -0.4 is 0 Å². The highest BCUT2D eigenvalue weighted by Crippen LogP contribution is 2.23. The lowest BCUT2D eigenvalue weighted by molar-refractivity contribution is 0.603. The Morgan fingerprint density at radius 3 is 2.18 bits per heavy atom. The number of benzene rings is 2. The first-order valence-electron chi connectivity index (χ1n) is 6.85. The highest BCUT2D eigenvalue weighted by molar-refractivity contribution is 7.95. The molecule has 0 atom stereocenters. The van der Waals surface area contributed by atoms with Gasteiger partial charge in [0.2, 0.25) is 9.84 Å². The average molecular weight is 311 g/mol. The summed E-state index contributed by atoms with van der Waals surface area (Å²) in [6.45, 7) is 5.70. The Morgan fingerprint density at radius 2 is 1.59 bits per heavy atom. The van der Waals surface area contributed by atoms with Crippen molar-refractivity contribution in [3.05, 3.63) is 69.6 Å². The van der Waals surface area contributed by atoms with Crippen LogP contribution in [0.25, 0.3) is 6.08 Å². The molecule has 0 fully saturated rings. The van der Waals surface area contributed by atoms with Crippen LogP contribution >= 0.6 is 0 Å². The Balaban J connectivity index is 2.56. The average Bonchev–Trinajstić information content (AvgIpc) is 2.48. The van der Waals surface area contributed by atoms with E-state index < -0.39 is 9.84 Å². The molecule has 0 aliphatic heterocycles. The molecule has 0 saturated carbocycles. The number of sulfone groups is 1. The first-order valence-corrected chi connectivity index (χ1v) is 8.34. The van der Waals surface area contributed by atoms with Crippen LogP contribution in [0.2, 0.25) is 0 Å². The molecule has 2 rings (SSSR count). The fraction of sp³-hybridized carbons (Fsp3) is 0.167. The van der Waals surface area contributed by atoms with Crippen LogP contribution in [0.3, 0.4) is 0 Å². The molecule has 0 bridgehead atoms. The third-order valence-electron chi connectivity index (χ3n) is 3.45. The van der Waals surface area contributed by atoms with Crippen molar-refractivity contribution in [3.8, 4) is 6.07 Å². The molecule has 0 N–H and O–H groups in total. The van der Waals surface area contributed by atoms with E-state index >= 15 is 0 Å². The van der Waals surface area contributed by atoms with Gasteiger partial charge in [-0.2, -0.15) is 5.26 Å². The minimum Gasteiger partial charge on any atom is -0.218 e. The molecule has 112 valence electrons. The molecular weight excluding hydrogens is 294 g/mol. The van der Waals surface area contributed by atoms with Crippen LogP contribution in [0.5, 0.6) is 0 Å². The van der Waals surface area contributed by atoms with Gasteiger partial charge in [-0.15, -0.1) is 0 Å². The molecule has 0 radical (unpaired) electrons. The van der Waals surface area contributed by atoms with Gasteiger partial charge in [0.05, 0.1) is 4.90 Å². The molecule has 0 aliphatic carbocycles. The lowest BCUT2D eigenvalue weighted by atomic mass is 10.1. The summed E-state index contributed by atoms with van der Waals surface area (Å²) in [4.78, 5) is -0.110. The van der Waals surface area contributed by atoms with E-state index in [0.29, 0.717) is 0 Å². The predicted octanol–water partition coefficient (Wildman–Crippen LogP) is 3.95. The molecule has 0 aromatic heterocycles. The van der Waals surface area contributed by atoms with Crippen molar-refractivity contribution < 1.29 is 8.42 Å². The van der Waals surface area contributed by atoms with E-state index in [1.165, 1.54) is 18.2 Å². The number of hydrogen-bond donors (Lipinski definition) is 0. The van der Waals surface area contributed by atoms with Gasteiger partial charge in [-0.1, -0.05) is 41.5 Å². The number of aryl methyl sites for hydroxylation is 3. The lowest BCUT2D eigenvalue weighted by Crippen LogP contribution is -2.03. The molecule has 2 aromatic carbocycles. The summed E-state index contributed by atoms with van der Waals surface area (Å²) < 4.78 is 25.2. The van der Waals surface area contributed by atoms with Gasteiger partial charge in [0, 0.05) is 0 Å². The first kappa shape index (κ1) is 16.0. The maximum absolute atomic E-state index is 12.6. The molecule has 22 heavy (non-hydrogen) atoms. The lowest BCUT2D eigenvalue weighted by Gasteiger charge is -2.06. The molecule has 0 unspecified atom stereocenters. The molecule has 2 aromatic rings. The summed E-state index contributed by atoms with van der Waals surface area (Å²) in [7, 11) is -3.80. The largest absolute Gasteiger partial charge is 0.218 e. The zero-order chi connectivity index (χ0) is 16.3. The van der Waals surface area contributed by atoms with E-state index in [1.54, 1.807) is 12.1 Å². The topological polar surface area (TPSA) is 57.9 Å². The van der Waals surface area contributed by atoms with Crippen molar-refractivity contribution in [1.82, 2.24) is 0 Å². The second-order valence-corrected chi connectivity index (χ2v) is 7.22. The number of nitrogens with zero attached hydrogens (tertiary/aromatic N) is 1. The highest BCUT2D eigenvalue weighted by Gasteiger charge is 2.20. The molecule has 0 aliphatic rings. The van der Waals surface area contributed by atoms with Crippen molar-refractivity contribution in [2.45, 2.75) is 25.7 Å². The molecular formula is C18H17NO2S. The van der Waals surface area contributed by atoms with Crippen LogP contribution in [-0.2, 0) is 9.84 Å². The third kappa shape index (κ3) is 3.26. The van der Waals surface area contributed by atoms with Crippen molar-refractivity contribution in [3.63, 3.8) is 0 Å². The van der Waals surface area contributed by atoms with E-state index in [4.69, 9.17) is 0 Å². The van der Waals surface area contributed by atoms with Crippen molar-refractivity contribution in [2.24, 2.45) is 0 Å². The van der Waals surface area contributed by atoms with Crippen molar-refractivity contribution in [2.75, 3.05) is 0 Å². The molecule has 4 heteroatoms. The molecule has 0 saturated heterocycles. The fourth-order valence-electron chi connectivity index (χ4n) is 2.07. The summed E-state index contributed by atoms with van der Waals surface area (Å²) in [5, 5.41) is 9.30. The highest BCUT2D eigenvalue weighted by atomic mass is 32.2. The Labute approximate surface area is 131 Å². The van der Waals surface area contributed by atoms with E-state index in [-0.39, 0.29) is 9.80 Å². The van der Waals surface area contributed by atoms with Gasteiger partial charge in [0.1, 0.15) is 11.0 Å². The van der Waals surface area contributed by atoms with Gasteiger partial charge >= 0.3 is 0 Å². The molecule has 3 nitrogen and oxygen atoms in total. The van der Waals surface area contributed by atoms with Crippen molar-refractivity contribution in [1.29, 1.82) is 5.26 Å². The zero-order valence-electron chi connectivity index (χ0n) is 12.8. The van der Waals surface area contributed by atoms with Crippen LogP contribution in [0.15, 0.2) is 52.3 Å². The van der Waals surface area contributed by atoms with Gasteiger partial charge in [0.15, 0.2) is 0 Å². The Morgan fingerprint density at radius 1 is 1.00 bits per heavy atom. The second-order valence-electron chi connectivity index (χ2n) is 5.30. The maximum Gasteiger partial charge on any atom is 0.216 e. The zero-order valence-corrected chi connectivity index (χ0v) is 13.6. The number of rotatable bonds is 3. The predicted molar refractivity (Wildman–Crippen MR) is 87.9 cm³/mol. The molecule has 0 spiro atoms. The fourth-order valence-corrected chi connectivity index (χ4v) is 3.22. The monoisotopic (exact) mass is 311 g/mol. The number of hydrogen-bond acceptors (Lipinski definition) is 3. The Kier molecular flexibility index (Phi) is 4.48. The minimum absolute atomic E-state index is 0.135. The van der Waals surface area contributed by atoms with E-state index in [0.717, 1.165) is 22.3 Å². The van der Waals surface area contributed by atoms with Crippen LogP contribution in [0.1, 0.15) is 22.3 Å². The normalized spacial score (nSPS) is 12.0. The quantitative estimate of drug-likeness (QED) is 0.806. The third-order valence-corrected chi connectivity index (χ3v) is 5.13. The summed E-state index contributed by atoms with van der Waals surface area (Å²) in [5.74, 6) is 0. The van der Waals surface area contributed by atoms with Gasteiger partial charge in [-0.3, -0.25) is 0 Å².